The van der Waals surface area contributed by atoms with Crippen LogP contribution < -0.4 is 15.0 Å². The predicted octanol–water partition coefficient (Wildman–Crippen LogP) is 1.57. The van der Waals surface area contributed by atoms with Gasteiger partial charge in [-0.3, -0.25) is 4.79 Å². The van der Waals surface area contributed by atoms with Crippen LogP contribution in [0.25, 0.3) is 10.8 Å². The highest BCUT2D eigenvalue weighted by Gasteiger charge is 2.14. The van der Waals surface area contributed by atoms with Crippen molar-refractivity contribution in [2.45, 2.75) is 6.92 Å². The van der Waals surface area contributed by atoms with Crippen molar-refractivity contribution >= 4 is 10.8 Å². The van der Waals surface area contributed by atoms with Crippen LogP contribution in [0.4, 0.5) is 0 Å². The molecule has 0 amide bonds. The Morgan fingerprint density at radius 2 is 1.93 bits per heavy atom. The SMILES string of the molecule is Cc1[nH]c(=O)cc2cc3c(cc12)OCO3. The van der Waals surface area contributed by atoms with E-state index in [1.807, 2.05) is 19.1 Å². The smallest absolute Gasteiger partial charge is 0.248 e. The summed E-state index contributed by atoms with van der Waals surface area (Å²) in [6, 6.07) is 5.28. The number of hydrogen-bond donors (Lipinski definition) is 1. The van der Waals surface area contributed by atoms with Gasteiger partial charge < -0.3 is 14.5 Å². The number of rotatable bonds is 0. The maximum atomic E-state index is 11.3. The third kappa shape index (κ3) is 1.18. The summed E-state index contributed by atoms with van der Waals surface area (Å²) >= 11 is 0. The molecule has 0 unspecified atom stereocenters. The summed E-state index contributed by atoms with van der Waals surface area (Å²) < 4.78 is 10.5. The molecule has 2 heterocycles. The van der Waals surface area contributed by atoms with Crippen molar-refractivity contribution in [2.24, 2.45) is 0 Å². The van der Waals surface area contributed by atoms with Crippen LogP contribution in [0.2, 0.25) is 0 Å². The molecule has 1 N–H and O–H groups in total. The average molecular weight is 203 g/mol. The van der Waals surface area contributed by atoms with E-state index >= 15 is 0 Å². The number of nitrogens with one attached hydrogen (secondary N) is 1. The minimum absolute atomic E-state index is 0.0983. The van der Waals surface area contributed by atoms with Gasteiger partial charge in [0.15, 0.2) is 11.5 Å². The van der Waals surface area contributed by atoms with Crippen LogP contribution in [0.1, 0.15) is 5.69 Å². The fourth-order valence-electron chi connectivity index (χ4n) is 1.83. The molecule has 4 heteroatoms. The van der Waals surface area contributed by atoms with Crippen molar-refractivity contribution in [3.8, 4) is 11.5 Å². The molecule has 0 spiro atoms. The Kier molecular flexibility index (Phi) is 1.54. The number of hydrogen-bond acceptors (Lipinski definition) is 3. The number of aromatic nitrogens is 1. The second-order valence-electron chi connectivity index (χ2n) is 3.55. The average Bonchev–Trinajstić information content (AvgIpc) is 2.61. The summed E-state index contributed by atoms with van der Waals surface area (Å²) in [5.74, 6) is 1.44. The standard InChI is InChI=1S/C11H9NO3/c1-6-8-4-10-9(14-5-15-10)2-7(8)3-11(13)12-6/h2-4H,5H2,1H3,(H,12,13). The second-order valence-corrected chi connectivity index (χ2v) is 3.55. The Morgan fingerprint density at radius 1 is 1.20 bits per heavy atom. The third-order valence-corrected chi connectivity index (χ3v) is 2.55. The van der Waals surface area contributed by atoms with Gasteiger partial charge in [0.25, 0.3) is 0 Å². The molecule has 1 aliphatic heterocycles. The van der Waals surface area contributed by atoms with Crippen molar-refractivity contribution in [3.05, 3.63) is 34.2 Å². The second kappa shape index (κ2) is 2.76. The van der Waals surface area contributed by atoms with E-state index in [4.69, 9.17) is 9.47 Å². The molecule has 4 nitrogen and oxygen atoms in total. The van der Waals surface area contributed by atoms with Gasteiger partial charge in [0, 0.05) is 17.1 Å². The highest BCUT2D eigenvalue weighted by atomic mass is 16.7. The summed E-state index contributed by atoms with van der Waals surface area (Å²) in [6.07, 6.45) is 0. The molecule has 2 aromatic rings. The molecular formula is C11H9NO3. The highest BCUT2D eigenvalue weighted by molar-refractivity contribution is 5.87. The number of H-pyrrole nitrogens is 1. The molecule has 0 atom stereocenters. The van der Waals surface area contributed by atoms with Gasteiger partial charge in [0.2, 0.25) is 12.4 Å². The minimum atomic E-state index is -0.0983. The molecular weight excluding hydrogens is 194 g/mol. The largest absolute Gasteiger partial charge is 0.454 e. The summed E-state index contributed by atoms with van der Waals surface area (Å²) in [6.45, 7) is 2.12. The summed E-state index contributed by atoms with van der Waals surface area (Å²) in [4.78, 5) is 14.0. The first-order valence-corrected chi connectivity index (χ1v) is 4.67. The summed E-state index contributed by atoms with van der Waals surface area (Å²) in [5, 5.41) is 1.86. The number of pyridine rings is 1. The molecule has 3 rings (SSSR count). The third-order valence-electron chi connectivity index (χ3n) is 2.55. The van der Waals surface area contributed by atoms with Gasteiger partial charge in [-0.2, -0.15) is 0 Å². The van der Waals surface area contributed by atoms with Crippen LogP contribution in [-0.2, 0) is 0 Å². The lowest BCUT2D eigenvalue weighted by atomic mass is 10.1. The van der Waals surface area contributed by atoms with E-state index in [-0.39, 0.29) is 12.4 Å². The first-order chi connectivity index (χ1) is 7.24. The first-order valence-electron chi connectivity index (χ1n) is 4.67. The van der Waals surface area contributed by atoms with Gasteiger partial charge in [-0.1, -0.05) is 0 Å². The lowest BCUT2D eigenvalue weighted by Gasteiger charge is -2.03. The van der Waals surface area contributed by atoms with Gasteiger partial charge in [-0.05, 0) is 24.4 Å². The zero-order valence-corrected chi connectivity index (χ0v) is 8.16. The molecule has 76 valence electrons. The zero-order chi connectivity index (χ0) is 10.4. The summed E-state index contributed by atoms with van der Waals surface area (Å²) in [5.41, 5.74) is 0.745. The molecule has 1 aromatic carbocycles. The molecule has 0 aliphatic carbocycles. The van der Waals surface area contributed by atoms with Crippen molar-refractivity contribution in [2.75, 3.05) is 6.79 Å². The van der Waals surface area contributed by atoms with E-state index in [0.29, 0.717) is 5.75 Å². The van der Waals surface area contributed by atoms with Gasteiger partial charge in [0.1, 0.15) is 0 Å². The van der Waals surface area contributed by atoms with Gasteiger partial charge in [-0.25, -0.2) is 0 Å². The maximum Gasteiger partial charge on any atom is 0.248 e. The van der Waals surface area contributed by atoms with Crippen LogP contribution in [0.5, 0.6) is 11.5 Å². The van der Waals surface area contributed by atoms with Crippen LogP contribution in [0, 0.1) is 6.92 Å². The van der Waals surface area contributed by atoms with E-state index in [2.05, 4.69) is 4.98 Å². The first kappa shape index (κ1) is 8.35. The summed E-state index contributed by atoms with van der Waals surface area (Å²) in [7, 11) is 0. The molecule has 1 aliphatic rings. The molecule has 0 saturated carbocycles. The molecule has 0 bridgehead atoms. The molecule has 15 heavy (non-hydrogen) atoms. The van der Waals surface area contributed by atoms with Gasteiger partial charge in [0.05, 0.1) is 0 Å². The monoisotopic (exact) mass is 203 g/mol. The number of fused-ring (bicyclic) bond motifs is 2. The number of aromatic amines is 1. The van der Waals surface area contributed by atoms with E-state index in [0.717, 1.165) is 22.2 Å². The van der Waals surface area contributed by atoms with Crippen molar-refractivity contribution in [3.63, 3.8) is 0 Å². The Balaban J connectivity index is 2.43. The van der Waals surface area contributed by atoms with Crippen molar-refractivity contribution < 1.29 is 9.47 Å². The van der Waals surface area contributed by atoms with E-state index < -0.39 is 0 Å². The normalized spacial score (nSPS) is 13.4. The van der Waals surface area contributed by atoms with Crippen LogP contribution >= 0.6 is 0 Å². The Bertz CT molecular complexity index is 601. The van der Waals surface area contributed by atoms with Crippen LogP contribution in [-0.4, -0.2) is 11.8 Å². The van der Waals surface area contributed by atoms with E-state index in [9.17, 15) is 4.79 Å². The van der Waals surface area contributed by atoms with E-state index in [1.54, 1.807) is 6.07 Å². The van der Waals surface area contributed by atoms with E-state index in [1.165, 1.54) is 0 Å². The highest BCUT2D eigenvalue weighted by Crippen LogP contribution is 2.36. The maximum absolute atomic E-state index is 11.3. The van der Waals surface area contributed by atoms with Crippen LogP contribution in [0.3, 0.4) is 0 Å². The molecule has 0 fully saturated rings. The number of benzene rings is 1. The topological polar surface area (TPSA) is 51.3 Å². The lowest BCUT2D eigenvalue weighted by Crippen LogP contribution is -2.05. The quantitative estimate of drug-likeness (QED) is 0.707. The lowest BCUT2D eigenvalue weighted by molar-refractivity contribution is 0.174. The van der Waals surface area contributed by atoms with Gasteiger partial charge >= 0.3 is 0 Å². The van der Waals surface area contributed by atoms with Crippen molar-refractivity contribution in [1.29, 1.82) is 0 Å². The fourth-order valence-corrected chi connectivity index (χ4v) is 1.83. The molecule has 0 saturated heterocycles. The van der Waals surface area contributed by atoms with Crippen LogP contribution in [0.15, 0.2) is 23.0 Å². The molecule has 1 aromatic heterocycles. The number of ether oxygens (including phenoxy) is 2. The molecule has 0 radical (unpaired) electrons. The zero-order valence-electron chi connectivity index (χ0n) is 8.16. The Morgan fingerprint density at radius 3 is 2.73 bits per heavy atom. The Hall–Kier alpha value is -1.97. The fraction of sp³-hybridized carbons (Fsp3) is 0.182. The number of aryl methyl sites for hydroxylation is 1. The predicted molar refractivity (Wildman–Crippen MR) is 55.4 cm³/mol. The minimum Gasteiger partial charge on any atom is -0.454 e. The van der Waals surface area contributed by atoms with Gasteiger partial charge in [-0.15, -0.1) is 0 Å². The Labute approximate surface area is 85.4 Å². The van der Waals surface area contributed by atoms with Crippen molar-refractivity contribution in [1.82, 2.24) is 4.98 Å².